The van der Waals surface area contributed by atoms with Gasteiger partial charge in [0, 0.05) is 19.2 Å². The number of nitrogens with two attached hydrogens (primary N) is 1. The van der Waals surface area contributed by atoms with Crippen molar-refractivity contribution < 1.29 is 14.7 Å². The summed E-state index contributed by atoms with van der Waals surface area (Å²) >= 11 is 0. The van der Waals surface area contributed by atoms with Gasteiger partial charge in [-0.05, 0) is 18.2 Å². The smallest absolute Gasteiger partial charge is 0.303 e. The predicted octanol–water partition coefficient (Wildman–Crippen LogP) is 0.533. The van der Waals surface area contributed by atoms with Crippen molar-refractivity contribution in [2.75, 3.05) is 12.3 Å². The molecule has 120 valence electrons. The van der Waals surface area contributed by atoms with Gasteiger partial charge in [0.15, 0.2) is 0 Å². The maximum absolute atomic E-state index is 12.5. The summed E-state index contributed by atoms with van der Waals surface area (Å²) < 4.78 is 1.84. The zero-order chi connectivity index (χ0) is 16.4. The molecule has 0 aliphatic carbocycles. The lowest BCUT2D eigenvalue weighted by molar-refractivity contribution is -0.136. The van der Waals surface area contributed by atoms with Gasteiger partial charge in [0.1, 0.15) is 5.82 Å². The van der Waals surface area contributed by atoms with E-state index in [9.17, 15) is 9.59 Å². The van der Waals surface area contributed by atoms with E-state index in [0.717, 1.165) is 11.4 Å². The molecule has 0 saturated heterocycles. The summed E-state index contributed by atoms with van der Waals surface area (Å²) in [6, 6.07) is 5.13. The van der Waals surface area contributed by atoms with Crippen LogP contribution in [0.4, 0.5) is 5.82 Å². The van der Waals surface area contributed by atoms with Crippen molar-refractivity contribution >= 4 is 17.7 Å². The fourth-order valence-corrected chi connectivity index (χ4v) is 2.57. The van der Waals surface area contributed by atoms with E-state index in [4.69, 9.17) is 10.8 Å². The third-order valence-electron chi connectivity index (χ3n) is 3.76. The van der Waals surface area contributed by atoms with Crippen LogP contribution in [0.5, 0.6) is 0 Å². The number of nitrogens with zero attached hydrogens (tertiary/aromatic N) is 4. The van der Waals surface area contributed by atoms with Gasteiger partial charge in [-0.3, -0.25) is 14.3 Å². The number of aromatic nitrogens is 3. The highest BCUT2D eigenvalue weighted by Crippen LogP contribution is 2.17. The average Bonchev–Trinajstić information content (AvgIpc) is 2.95. The van der Waals surface area contributed by atoms with Crippen LogP contribution in [0, 0.1) is 0 Å². The summed E-state index contributed by atoms with van der Waals surface area (Å²) in [5, 5.41) is 13.1. The van der Waals surface area contributed by atoms with Crippen molar-refractivity contribution in [3.05, 3.63) is 41.3 Å². The minimum absolute atomic E-state index is 0.0518. The van der Waals surface area contributed by atoms with Crippen molar-refractivity contribution in [2.45, 2.75) is 25.9 Å². The molecule has 0 atom stereocenters. The topological polar surface area (TPSA) is 114 Å². The Morgan fingerprint density at radius 2 is 2.13 bits per heavy atom. The van der Waals surface area contributed by atoms with Crippen molar-refractivity contribution in [1.29, 1.82) is 0 Å². The van der Waals surface area contributed by atoms with Gasteiger partial charge in [-0.2, -0.15) is 5.10 Å². The minimum atomic E-state index is -0.844. The first-order valence-corrected chi connectivity index (χ1v) is 7.31. The van der Waals surface area contributed by atoms with Crippen LogP contribution in [-0.2, 0) is 24.3 Å². The molecule has 8 heteroatoms. The van der Waals surface area contributed by atoms with Crippen LogP contribution >= 0.6 is 0 Å². The predicted molar refractivity (Wildman–Crippen MR) is 81.6 cm³/mol. The van der Waals surface area contributed by atoms with E-state index < -0.39 is 5.97 Å². The molecule has 0 aromatic carbocycles. The molecule has 0 fully saturated rings. The molecule has 1 aliphatic rings. The normalized spacial score (nSPS) is 13.7. The first kappa shape index (κ1) is 15.0. The van der Waals surface area contributed by atoms with Crippen molar-refractivity contribution in [3.63, 3.8) is 0 Å². The van der Waals surface area contributed by atoms with Crippen LogP contribution in [0.2, 0.25) is 0 Å². The van der Waals surface area contributed by atoms with Gasteiger partial charge < -0.3 is 15.7 Å². The van der Waals surface area contributed by atoms with E-state index in [1.807, 2.05) is 10.7 Å². The highest BCUT2D eigenvalue weighted by molar-refractivity contribution is 5.94. The van der Waals surface area contributed by atoms with Gasteiger partial charge in [-0.15, -0.1) is 0 Å². The van der Waals surface area contributed by atoms with Gasteiger partial charge in [0.2, 0.25) is 0 Å². The molecular formula is C15H17N5O3. The quantitative estimate of drug-likeness (QED) is 0.850. The average molecular weight is 315 g/mol. The number of rotatable bonds is 4. The number of anilines is 1. The molecule has 0 spiro atoms. The van der Waals surface area contributed by atoms with Gasteiger partial charge >= 0.3 is 5.97 Å². The van der Waals surface area contributed by atoms with E-state index in [2.05, 4.69) is 10.1 Å². The lowest BCUT2D eigenvalue weighted by Crippen LogP contribution is -2.38. The molecule has 2 aromatic heterocycles. The molecular weight excluding hydrogens is 298 g/mol. The maximum Gasteiger partial charge on any atom is 0.303 e. The van der Waals surface area contributed by atoms with Crippen LogP contribution in [0.3, 0.4) is 0 Å². The van der Waals surface area contributed by atoms with Gasteiger partial charge in [-0.1, -0.05) is 0 Å². The van der Waals surface area contributed by atoms with Crippen molar-refractivity contribution in [2.24, 2.45) is 0 Å². The monoisotopic (exact) mass is 315 g/mol. The number of aryl methyl sites for hydroxylation is 1. The molecule has 1 aliphatic heterocycles. The highest BCUT2D eigenvalue weighted by atomic mass is 16.4. The molecule has 3 N–H and O–H groups in total. The molecule has 0 saturated carbocycles. The number of nitrogen functional groups attached to an aromatic ring is 1. The number of carbonyl (C=O) groups is 2. The molecule has 1 amide bonds. The van der Waals surface area contributed by atoms with E-state index in [1.54, 1.807) is 17.0 Å². The Hall–Kier alpha value is -2.90. The summed E-state index contributed by atoms with van der Waals surface area (Å²) in [6.07, 6.45) is 1.92. The zero-order valence-electron chi connectivity index (χ0n) is 12.5. The number of amides is 1. The van der Waals surface area contributed by atoms with Crippen LogP contribution in [-0.4, -0.2) is 43.2 Å². The van der Waals surface area contributed by atoms with Gasteiger partial charge in [0.05, 0.1) is 36.5 Å². The molecule has 0 radical (unpaired) electrons. The van der Waals surface area contributed by atoms with Gasteiger partial charge in [0.25, 0.3) is 5.91 Å². The van der Waals surface area contributed by atoms with E-state index in [1.165, 1.54) is 6.20 Å². The number of pyridine rings is 1. The first-order valence-electron chi connectivity index (χ1n) is 7.31. The minimum Gasteiger partial charge on any atom is -0.481 e. The Morgan fingerprint density at radius 3 is 2.83 bits per heavy atom. The summed E-state index contributed by atoms with van der Waals surface area (Å²) in [5.41, 5.74) is 7.68. The molecule has 3 heterocycles. The Morgan fingerprint density at radius 1 is 1.30 bits per heavy atom. The summed E-state index contributed by atoms with van der Waals surface area (Å²) in [4.78, 5) is 28.8. The molecule has 3 rings (SSSR count). The fraction of sp³-hybridized carbons (Fsp3) is 0.333. The summed E-state index contributed by atoms with van der Waals surface area (Å²) in [7, 11) is 0. The lowest BCUT2D eigenvalue weighted by Gasteiger charge is -2.27. The van der Waals surface area contributed by atoms with Crippen LogP contribution in [0.15, 0.2) is 24.4 Å². The first-order chi connectivity index (χ1) is 11.0. The number of fused-ring (bicyclic) bond motifs is 1. The molecule has 23 heavy (non-hydrogen) atoms. The number of aliphatic carboxylic acids is 1. The number of carboxylic acid groups (broad SMARTS) is 1. The Bertz CT molecular complexity index is 738. The van der Waals surface area contributed by atoms with E-state index in [0.29, 0.717) is 37.4 Å². The fourth-order valence-electron chi connectivity index (χ4n) is 2.57. The van der Waals surface area contributed by atoms with Crippen molar-refractivity contribution in [1.82, 2.24) is 19.7 Å². The highest BCUT2D eigenvalue weighted by Gasteiger charge is 2.23. The lowest BCUT2D eigenvalue weighted by atomic mass is 10.2. The van der Waals surface area contributed by atoms with Crippen LogP contribution in [0.25, 0.3) is 0 Å². The second-order valence-electron chi connectivity index (χ2n) is 5.44. The van der Waals surface area contributed by atoms with Gasteiger partial charge in [-0.25, -0.2) is 4.98 Å². The van der Waals surface area contributed by atoms with Crippen LogP contribution in [0.1, 0.15) is 28.2 Å². The SMILES string of the molecule is Nc1ccc(C(=O)N2CCn3nc(CCC(=O)O)cc3C2)cn1. The van der Waals surface area contributed by atoms with E-state index in [-0.39, 0.29) is 12.3 Å². The third-order valence-corrected chi connectivity index (χ3v) is 3.76. The standard InChI is InChI=1S/C15H17N5O3/c16-13-3-1-10(8-17-13)15(23)19-5-6-20-12(9-19)7-11(18-20)2-4-14(21)22/h1,3,7-8H,2,4-6,9H2,(H2,16,17)(H,21,22). The third kappa shape index (κ3) is 3.31. The number of carboxylic acids is 1. The number of hydrogen-bond donors (Lipinski definition) is 2. The Balaban J connectivity index is 1.71. The van der Waals surface area contributed by atoms with Crippen molar-refractivity contribution in [3.8, 4) is 0 Å². The largest absolute Gasteiger partial charge is 0.481 e. The molecule has 2 aromatic rings. The Kier molecular flexibility index (Phi) is 3.96. The zero-order valence-corrected chi connectivity index (χ0v) is 12.5. The number of hydrogen-bond acceptors (Lipinski definition) is 5. The maximum atomic E-state index is 12.5. The summed E-state index contributed by atoms with van der Waals surface area (Å²) in [6.45, 7) is 1.59. The van der Waals surface area contributed by atoms with Crippen LogP contribution < -0.4 is 5.73 Å². The van der Waals surface area contributed by atoms with E-state index >= 15 is 0 Å². The Labute approximate surface area is 132 Å². The second-order valence-corrected chi connectivity index (χ2v) is 5.44. The molecule has 8 nitrogen and oxygen atoms in total. The number of carbonyl (C=O) groups excluding carboxylic acids is 1. The second kappa shape index (κ2) is 6.07. The molecule has 0 unspecified atom stereocenters. The molecule has 0 bridgehead atoms. The summed E-state index contributed by atoms with van der Waals surface area (Å²) in [5.74, 6) is -0.568.